The standard InChI is InChI=1S/C29H34N4O5/c1-5-38-23-12-10-22(11-13-23)32-29(35)33-15-14-20-16-26(36-3)27(37-4)17-24(20)25(33)18-30-28(34)31-21-8-6-19(2)7-9-21/h6-13,16-17,25H,5,14-15,18H2,1-4H3,(H,32,35)(H2,30,31,34)/t25-/m0/s1. The predicted octanol–water partition coefficient (Wildman–Crippen LogP) is 5.36. The monoisotopic (exact) mass is 518 g/mol. The summed E-state index contributed by atoms with van der Waals surface area (Å²) in [6.07, 6.45) is 0.637. The molecule has 9 heteroatoms. The van der Waals surface area contributed by atoms with Gasteiger partial charge in [-0.05, 0) is 79.9 Å². The Hall–Kier alpha value is -4.40. The number of nitrogens with zero attached hydrogens (tertiary/aromatic N) is 1. The number of fused-ring (bicyclic) bond motifs is 1. The summed E-state index contributed by atoms with van der Waals surface area (Å²) >= 11 is 0. The molecule has 1 aliphatic rings. The minimum atomic E-state index is -0.426. The van der Waals surface area contributed by atoms with Gasteiger partial charge in [-0.25, -0.2) is 9.59 Å². The van der Waals surface area contributed by atoms with Crippen LogP contribution in [-0.2, 0) is 6.42 Å². The summed E-state index contributed by atoms with van der Waals surface area (Å²) in [6, 6.07) is 17.6. The van der Waals surface area contributed by atoms with E-state index in [9.17, 15) is 9.59 Å². The Labute approximate surface area is 223 Å². The van der Waals surface area contributed by atoms with Gasteiger partial charge in [0.15, 0.2) is 11.5 Å². The molecule has 3 N–H and O–H groups in total. The maximum absolute atomic E-state index is 13.4. The Bertz CT molecular complexity index is 1260. The van der Waals surface area contributed by atoms with Crippen LogP contribution in [0.3, 0.4) is 0 Å². The van der Waals surface area contributed by atoms with Crippen molar-refractivity contribution in [3.05, 3.63) is 77.4 Å². The first-order chi connectivity index (χ1) is 18.4. The highest BCUT2D eigenvalue weighted by Crippen LogP contribution is 2.38. The molecular formula is C29H34N4O5. The van der Waals surface area contributed by atoms with Crippen molar-refractivity contribution in [3.63, 3.8) is 0 Å². The van der Waals surface area contributed by atoms with Crippen LogP contribution in [-0.4, -0.2) is 50.9 Å². The molecule has 0 bridgehead atoms. The second kappa shape index (κ2) is 12.2. The van der Waals surface area contributed by atoms with E-state index >= 15 is 0 Å². The molecule has 1 atom stereocenters. The summed E-state index contributed by atoms with van der Waals surface area (Å²) in [5.41, 5.74) is 4.38. The summed E-state index contributed by atoms with van der Waals surface area (Å²) in [5, 5.41) is 8.75. The smallest absolute Gasteiger partial charge is 0.322 e. The summed E-state index contributed by atoms with van der Waals surface area (Å²) in [7, 11) is 3.17. The number of hydrogen-bond acceptors (Lipinski definition) is 5. The number of carbonyl (C=O) groups is 2. The maximum atomic E-state index is 13.4. The number of anilines is 2. The number of methoxy groups -OCH3 is 2. The molecule has 0 fully saturated rings. The summed E-state index contributed by atoms with van der Waals surface area (Å²) in [5.74, 6) is 1.93. The molecule has 0 aromatic heterocycles. The number of rotatable bonds is 8. The van der Waals surface area contributed by atoms with Crippen LogP contribution < -0.4 is 30.2 Å². The lowest BCUT2D eigenvalue weighted by Crippen LogP contribution is -2.47. The fraction of sp³-hybridized carbons (Fsp3) is 0.310. The van der Waals surface area contributed by atoms with Gasteiger partial charge in [0, 0.05) is 24.5 Å². The van der Waals surface area contributed by atoms with Crippen LogP contribution in [0.25, 0.3) is 0 Å². The van der Waals surface area contributed by atoms with Gasteiger partial charge in [-0.3, -0.25) is 0 Å². The van der Waals surface area contributed by atoms with Crippen molar-refractivity contribution >= 4 is 23.4 Å². The average molecular weight is 519 g/mol. The van der Waals surface area contributed by atoms with Gasteiger partial charge in [0.05, 0.1) is 26.9 Å². The number of hydrogen-bond donors (Lipinski definition) is 3. The van der Waals surface area contributed by atoms with E-state index in [1.54, 1.807) is 31.3 Å². The van der Waals surface area contributed by atoms with Crippen molar-refractivity contribution < 1.29 is 23.8 Å². The number of urea groups is 2. The fourth-order valence-electron chi connectivity index (χ4n) is 4.49. The molecule has 4 amide bonds. The van der Waals surface area contributed by atoms with E-state index in [-0.39, 0.29) is 18.6 Å². The first-order valence-electron chi connectivity index (χ1n) is 12.6. The molecule has 0 spiro atoms. The van der Waals surface area contributed by atoms with Crippen molar-refractivity contribution in [2.75, 3.05) is 44.5 Å². The molecule has 3 aromatic carbocycles. The van der Waals surface area contributed by atoms with Crippen LogP contribution >= 0.6 is 0 Å². The lowest BCUT2D eigenvalue weighted by Gasteiger charge is -2.37. The second-order valence-corrected chi connectivity index (χ2v) is 8.95. The third-order valence-electron chi connectivity index (χ3n) is 6.45. The SMILES string of the molecule is CCOc1ccc(NC(=O)N2CCc3cc(OC)c(OC)cc3[C@@H]2CNC(=O)Nc2ccc(C)cc2)cc1. The van der Waals surface area contributed by atoms with Gasteiger partial charge in [-0.15, -0.1) is 0 Å². The fourth-order valence-corrected chi connectivity index (χ4v) is 4.49. The van der Waals surface area contributed by atoms with Gasteiger partial charge in [0.1, 0.15) is 5.75 Å². The van der Waals surface area contributed by atoms with Gasteiger partial charge in [-0.1, -0.05) is 17.7 Å². The van der Waals surface area contributed by atoms with E-state index in [4.69, 9.17) is 14.2 Å². The Morgan fingerprint density at radius 2 is 1.55 bits per heavy atom. The van der Waals surface area contributed by atoms with Gasteiger partial charge in [0.25, 0.3) is 0 Å². The third-order valence-corrected chi connectivity index (χ3v) is 6.45. The molecule has 0 saturated heterocycles. The van der Waals surface area contributed by atoms with E-state index < -0.39 is 6.04 Å². The number of carbonyl (C=O) groups excluding carboxylic acids is 2. The van der Waals surface area contributed by atoms with Gasteiger partial charge in [0.2, 0.25) is 0 Å². The second-order valence-electron chi connectivity index (χ2n) is 8.95. The van der Waals surface area contributed by atoms with Crippen molar-refractivity contribution in [1.82, 2.24) is 10.2 Å². The maximum Gasteiger partial charge on any atom is 0.322 e. The van der Waals surface area contributed by atoms with E-state index in [0.717, 1.165) is 22.4 Å². The molecule has 0 radical (unpaired) electrons. The van der Waals surface area contributed by atoms with E-state index in [2.05, 4.69) is 16.0 Å². The number of nitrogens with one attached hydrogen (secondary N) is 3. The molecule has 200 valence electrons. The Kier molecular flexibility index (Phi) is 8.58. The topological polar surface area (TPSA) is 101 Å². The van der Waals surface area contributed by atoms with Crippen LogP contribution in [0.15, 0.2) is 60.7 Å². The highest BCUT2D eigenvalue weighted by atomic mass is 16.5. The van der Waals surface area contributed by atoms with Crippen LogP contribution in [0.1, 0.15) is 29.7 Å². The number of aryl methyl sites for hydroxylation is 1. The summed E-state index contributed by atoms with van der Waals surface area (Å²) in [6.45, 7) is 5.15. The molecule has 0 unspecified atom stereocenters. The Balaban J connectivity index is 1.55. The predicted molar refractivity (Wildman–Crippen MR) is 148 cm³/mol. The van der Waals surface area contributed by atoms with Gasteiger partial charge < -0.3 is 35.1 Å². The van der Waals surface area contributed by atoms with Crippen molar-refractivity contribution in [2.24, 2.45) is 0 Å². The van der Waals surface area contributed by atoms with Crippen molar-refractivity contribution in [3.8, 4) is 17.2 Å². The van der Waals surface area contributed by atoms with Crippen molar-refractivity contribution in [2.45, 2.75) is 26.3 Å². The number of benzene rings is 3. The zero-order chi connectivity index (χ0) is 27.1. The lowest BCUT2D eigenvalue weighted by molar-refractivity contribution is 0.180. The minimum absolute atomic E-state index is 0.205. The molecular weight excluding hydrogens is 484 g/mol. The van der Waals surface area contributed by atoms with E-state index in [0.29, 0.717) is 42.4 Å². The first kappa shape index (κ1) is 26.7. The zero-order valence-electron chi connectivity index (χ0n) is 22.2. The van der Waals surface area contributed by atoms with Crippen LogP contribution in [0, 0.1) is 6.92 Å². The molecule has 1 aliphatic heterocycles. The molecule has 1 heterocycles. The highest BCUT2D eigenvalue weighted by molar-refractivity contribution is 5.91. The van der Waals surface area contributed by atoms with E-state index in [1.165, 1.54) is 0 Å². The van der Waals surface area contributed by atoms with Crippen LogP contribution in [0.5, 0.6) is 17.2 Å². The summed E-state index contributed by atoms with van der Waals surface area (Å²) < 4.78 is 16.5. The largest absolute Gasteiger partial charge is 0.494 e. The molecule has 9 nitrogen and oxygen atoms in total. The molecule has 38 heavy (non-hydrogen) atoms. The quantitative estimate of drug-likeness (QED) is 0.373. The molecule has 4 rings (SSSR count). The third kappa shape index (κ3) is 6.29. The molecule has 0 saturated carbocycles. The number of ether oxygens (including phenoxy) is 3. The molecule has 0 aliphatic carbocycles. The first-order valence-corrected chi connectivity index (χ1v) is 12.6. The Morgan fingerprint density at radius 3 is 2.21 bits per heavy atom. The lowest BCUT2D eigenvalue weighted by atomic mass is 9.92. The number of amides is 4. The van der Waals surface area contributed by atoms with E-state index in [1.807, 2.05) is 62.4 Å². The minimum Gasteiger partial charge on any atom is -0.494 e. The van der Waals surface area contributed by atoms with Crippen LogP contribution in [0.4, 0.5) is 21.0 Å². The van der Waals surface area contributed by atoms with Gasteiger partial charge >= 0.3 is 12.1 Å². The average Bonchev–Trinajstić information content (AvgIpc) is 2.93. The normalized spacial score (nSPS) is 14.2. The van der Waals surface area contributed by atoms with Crippen LogP contribution in [0.2, 0.25) is 0 Å². The van der Waals surface area contributed by atoms with Gasteiger partial charge in [-0.2, -0.15) is 0 Å². The molecule has 3 aromatic rings. The highest BCUT2D eigenvalue weighted by Gasteiger charge is 2.32. The Morgan fingerprint density at radius 1 is 0.921 bits per heavy atom. The van der Waals surface area contributed by atoms with Crippen molar-refractivity contribution in [1.29, 1.82) is 0 Å². The zero-order valence-corrected chi connectivity index (χ0v) is 22.2. The summed E-state index contributed by atoms with van der Waals surface area (Å²) in [4.78, 5) is 27.9.